The summed E-state index contributed by atoms with van der Waals surface area (Å²) in [5.41, 5.74) is -3.37. The van der Waals surface area contributed by atoms with E-state index in [1.54, 1.807) is 46.1 Å². The van der Waals surface area contributed by atoms with Crippen LogP contribution < -0.4 is 0 Å². The van der Waals surface area contributed by atoms with Crippen molar-refractivity contribution in [2.75, 3.05) is 23.0 Å². The van der Waals surface area contributed by atoms with E-state index in [0.717, 1.165) is 151 Å². The zero-order chi connectivity index (χ0) is 87.2. The molecular weight excluding hydrogens is 1850 g/mol. The Hall–Kier alpha value is -3.82. The van der Waals surface area contributed by atoms with Crippen molar-refractivity contribution in [3.63, 3.8) is 0 Å². The molecule has 12 aromatic heterocycles. The highest BCUT2D eigenvalue weighted by Gasteiger charge is 2.50. The first kappa shape index (κ1) is 98.8. The summed E-state index contributed by atoms with van der Waals surface area (Å²) in [6.45, 7) is 16.8. The maximum Gasteiger partial charge on any atom is 0.419 e. The fraction of sp³-hybridized carbons (Fsp3) is 0.489. The lowest BCUT2D eigenvalue weighted by Crippen LogP contribution is -2.17. The van der Waals surface area contributed by atoms with Crippen LogP contribution in [0.5, 0.6) is 0 Å². The molecule has 122 heavy (non-hydrogen) atoms. The molecule has 0 saturated carbocycles. The highest BCUT2D eigenvalue weighted by molar-refractivity contribution is 7.99. The quantitative estimate of drug-likeness (QED) is 0.0213. The lowest BCUT2D eigenvalue weighted by molar-refractivity contribution is -0.141. The molecule has 664 valence electrons. The van der Waals surface area contributed by atoms with Gasteiger partial charge in [0.25, 0.3) is 0 Å². The topological polar surface area (TPSA) is 102 Å². The molecule has 0 saturated heterocycles. The number of hydrogen-bond donors (Lipinski definition) is 0. The van der Waals surface area contributed by atoms with Gasteiger partial charge >= 0.3 is 12.4 Å². The van der Waals surface area contributed by atoms with Crippen molar-refractivity contribution in [1.82, 2.24) is 0 Å². The summed E-state index contributed by atoms with van der Waals surface area (Å²) < 4.78 is 182. The van der Waals surface area contributed by atoms with Gasteiger partial charge in [0.05, 0.1) is 72.3 Å². The minimum absolute atomic E-state index is 0.0742. The van der Waals surface area contributed by atoms with Gasteiger partial charge in [0.15, 0.2) is 29.5 Å². The summed E-state index contributed by atoms with van der Waals surface area (Å²) in [6.07, 6.45) is 21.1. The van der Waals surface area contributed by atoms with Gasteiger partial charge < -0.3 is 0 Å². The van der Waals surface area contributed by atoms with Gasteiger partial charge in [0.2, 0.25) is 0 Å². The Balaban J connectivity index is 0.000000241. The first-order chi connectivity index (χ1) is 58.5. The van der Waals surface area contributed by atoms with Gasteiger partial charge in [-0.25, -0.2) is 25.3 Å². The van der Waals surface area contributed by atoms with E-state index in [0.29, 0.717) is 63.0 Å². The molecule has 0 fully saturated rings. The molecule has 0 N–H and O–H groups in total. The Morgan fingerprint density at radius 1 is 0.254 bits per heavy atom. The number of rotatable bonds is 50. The number of aryl methyl sites for hydroxylation is 4. The third kappa shape index (κ3) is 27.2. The van der Waals surface area contributed by atoms with Crippen molar-refractivity contribution in [2.45, 2.75) is 293 Å². The van der Waals surface area contributed by atoms with Crippen molar-refractivity contribution in [1.29, 1.82) is 0 Å². The number of thiophene rings is 12. The molecular formula is C94H114F6O6S16. The molecule has 0 aliphatic carbocycles. The van der Waals surface area contributed by atoms with E-state index >= 15 is 26.3 Å². The first-order valence-electron chi connectivity index (χ1n) is 43.3. The van der Waals surface area contributed by atoms with Gasteiger partial charge in [-0.3, -0.25) is 0 Å². The van der Waals surface area contributed by atoms with Crippen LogP contribution in [0.1, 0.15) is 264 Å². The molecule has 28 heteroatoms. The highest BCUT2D eigenvalue weighted by Crippen LogP contribution is 2.61. The van der Waals surface area contributed by atoms with Crippen LogP contribution in [0.15, 0.2) is 129 Å². The third-order valence-electron chi connectivity index (χ3n) is 21.4. The van der Waals surface area contributed by atoms with Crippen molar-refractivity contribution < 1.29 is 51.6 Å². The van der Waals surface area contributed by atoms with Crippen molar-refractivity contribution in [2.24, 2.45) is 0 Å². The van der Waals surface area contributed by atoms with Gasteiger partial charge in [-0.15, -0.1) is 148 Å². The van der Waals surface area contributed by atoms with Crippen molar-refractivity contribution in [3.05, 3.63) is 140 Å². The Morgan fingerprint density at radius 2 is 0.516 bits per heavy atom. The molecule has 0 amide bonds. The Labute approximate surface area is 774 Å². The van der Waals surface area contributed by atoms with E-state index in [2.05, 4.69) is 96.1 Å². The number of alkyl halides is 6. The molecule has 0 aliphatic rings. The summed E-state index contributed by atoms with van der Waals surface area (Å²) in [4.78, 5) is 16.9. The SMILES string of the molecule is CCCCCCCCCCS(=O)(=O)c1c(-c2ccc(-c3ccc(C)s3)s2)sc(-c2sc(-c3ccc(-c4ccc(C)s4)s3)c(S(=O)(=O)CCCCCCCCCC)c2C(F)(F)F)c1C(F)(F)F.CCCCCCCCCCSc1cc(-c2sc(-c3ccc(-c4ccc(C)s4)s3)cc2S(=O)(=O)CCCCCCCCCC)sc1-c1ccc(-c2ccc(C)s2)s1. The Morgan fingerprint density at radius 3 is 0.836 bits per heavy atom. The molecule has 12 aromatic rings. The van der Waals surface area contributed by atoms with E-state index in [-0.39, 0.29) is 38.1 Å². The summed E-state index contributed by atoms with van der Waals surface area (Å²) in [6, 6.07) is 35.9. The van der Waals surface area contributed by atoms with Crippen LogP contribution in [0.25, 0.3) is 97.5 Å². The summed E-state index contributed by atoms with van der Waals surface area (Å²) in [7, 11) is -13.0. The van der Waals surface area contributed by atoms with E-state index in [1.165, 1.54) is 162 Å². The largest absolute Gasteiger partial charge is 0.419 e. The average molecular weight is 1970 g/mol. The Kier molecular flexibility index (Phi) is 38.2. The highest BCUT2D eigenvalue weighted by atomic mass is 32.2. The van der Waals surface area contributed by atoms with Gasteiger partial charge in [0, 0.05) is 92.7 Å². The normalized spacial score (nSPS) is 12.4. The Bertz CT molecular complexity index is 5420. The van der Waals surface area contributed by atoms with Crippen LogP contribution in [-0.2, 0) is 41.9 Å². The van der Waals surface area contributed by atoms with Crippen LogP contribution >= 0.6 is 148 Å². The van der Waals surface area contributed by atoms with Crippen LogP contribution in [0, 0.1) is 27.7 Å². The predicted molar refractivity (Wildman–Crippen MR) is 528 cm³/mol. The zero-order valence-corrected chi connectivity index (χ0v) is 84.2. The second kappa shape index (κ2) is 47.1. The number of hydrogen-bond acceptors (Lipinski definition) is 19. The van der Waals surface area contributed by atoms with Gasteiger partial charge in [-0.1, -0.05) is 207 Å². The maximum absolute atomic E-state index is 15.9. The number of unbranched alkanes of at least 4 members (excludes halogenated alkanes) is 28. The summed E-state index contributed by atoms with van der Waals surface area (Å²) in [5, 5.41) is 0. The maximum atomic E-state index is 15.9. The zero-order valence-electron chi connectivity index (χ0n) is 71.1. The average Bonchev–Trinajstić information content (AvgIpc) is 1.55. The predicted octanol–water partition coefficient (Wildman–Crippen LogP) is 37.0. The molecule has 0 atom stereocenters. The minimum atomic E-state index is -5.44. The fourth-order valence-electron chi connectivity index (χ4n) is 14.9. The molecule has 0 unspecified atom stereocenters. The van der Waals surface area contributed by atoms with Gasteiger partial charge in [0.1, 0.15) is 0 Å². The van der Waals surface area contributed by atoms with E-state index in [9.17, 15) is 25.3 Å². The molecule has 0 spiro atoms. The van der Waals surface area contributed by atoms with Crippen LogP contribution in [0.3, 0.4) is 0 Å². The molecule has 12 heterocycles. The molecule has 6 nitrogen and oxygen atoms in total. The summed E-state index contributed by atoms with van der Waals surface area (Å²) >= 11 is 18.4. The molecule has 0 aromatic carbocycles. The van der Waals surface area contributed by atoms with Crippen LogP contribution in [0.2, 0.25) is 0 Å². The van der Waals surface area contributed by atoms with Crippen molar-refractivity contribution >= 4 is 177 Å². The van der Waals surface area contributed by atoms with E-state index < -0.39 is 84.0 Å². The smallest absolute Gasteiger partial charge is 0.224 e. The molecule has 0 bridgehead atoms. The van der Waals surface area contributed by atoms with Gasteiger partial charge in [-0.2, -0.15) is 26.3 Å². The number of thioether (sulfide) groups is 1. The minimum Gasteiger partial charge on any atom is -0.224 e. The van der Waals surface area contributed by atoms with Crippen LogP contribution in [-0.4, -0.2) is 48.3 Å². The van der Waals surface area contributed by atoms with Crippen LogP contribution in [0.4, 0.5) is 26.3 Å². The number of halogens is 6. The third-order valence-corrected chi connectivity index (χ3v) is 43.4. The molecule has 0 aliphatic heterocycles. The van der Waals surface area contributed by atoms with E-state index in [1.807, 2.05) is 90.0 Å². The standard InChI is InChI=1S/C48H56F6O4S8.C46H58O2S8/c1-5-7-9-11-13-15-17-19-29-65(55,56)45-39(47(49,50)51)43(63-41(45)37-27-25-35(61-37)33-23-21-31(3)59-33)44-40(48(52,53)54)46(66(57,58)30-20-18-16-14-12-10-8-6-2)42(64-44)38-28-26-36(62-38)34-24-22-32(4)60-34;1-5-7-9-11-13-15-17-19-29-49-42-31-43(55-45(42)40-28-27-38(53-40)36-24-22-34(4)51-36)46-44(56(47,48)30-20-18-16-14-12-10-8-6-2)32-41(54-46)39-26-25-37(52-39)35-23-21-33(3)50-35/h21-28H,5-20,29-30H2,1-4H3;21-28,31-32H,5-20,29-30H2,1-4H3. The number of sulfone groups is 3. The van der Waals surface area contributed by atoms with E-state index in [4.69, 9.17) is 0 Å². The summed E-state index contributed by atoms with van der Waals surface area (Å²) in [5.74, 6) is 0.0373. The lowest BCUT2D eigenvalue weighted by Gasteiger charge is -2.15. The lowest BCUT2D eigenvalue weighted by atomic mass is 10.1. The molecule has 0 radical (unpaired) electrons. The fourth-order valence-corrected chi connectivity index (χ4v) is 36.3. The van der Waals surface area contributed by atoms with Gasteiger partial charge in [-0.05, 0) is 168 Å². The second-order valence-corrected chi connectivity index (χ2v) is 52.5. The first-order valence-corrected chi connectivity index (χ1v) is 59.0. The monoisotopic (exact) mass is 1960 g/mol. The molecule has 12 rings (SSSR count). The van der Waals surface area contributed by atoms with Crippen molar-refractivity contribution in [3.8, 4) is 97.5 Å². The second-order valence-electron chi connectivity index (χ2n) is 31.5.